The van der Waals surface area contributed by atoms with Gasteiger partial charge in [-0.25, -0.2) is 4.79 Å². The van der Waals surface area contributed by atoms with Crippen molar-refractivity contribution >= 4 is 22.7 Å². The van der Waals surface area contributed by atoms with Crippen LogP contribution in [0.3, 0.4) is 0 Å². The lowest BCUT2D eigenvalue weighted by atomic mass is 10.2. The zero-order chi connectivity index (χ0) is 14.6. The molecule has 1 aromatic carbocycles. The molecule has 0 aliphatic carbocycles. The summed E-state index contributed by atoms with van der Waals surface area (Å²) >= 11 is 0. The number of fused-ring (bicyclic) bond motifs is 1. The zero-order valence-electron chi connectivity index (χ0n) is 12.0. The molecule has 0 spiro atoms. The Labute approximate surface area is 117 Å². The summed E-state index contributed by atoms with van der Waals surface area (Å²) in [5.41, 5.74) is 1.45. The number of carbonyl (C=O) groups excluding carboxylic acids is 1. The van der Waals surface area contributed by atoms with Gasteiger partial charge in [0.15, 0.2) is 0 Å². The summed E-state index contributed by atoms with van der Waals surface area (Å²) in [4.78, 5) is 11.5. The maximum absolute atomic E-state index is 11.5. The first kappa shape index (κ1) is 14.2. The highest BCUT2D eigenvalue weighted by Gasteiger charge is 2.15. The number of aromatic nitrogens is 2. The minimum Gasteiger partial charge on any atom is -0.444 e. The van der Waals surface area contributed by atoms with Crippen LogP contribution in [-0.4, -0.2) is 35.0 Å². The zero-order valence-corrected chi connectivity index (χ0v) is 12.0. The Morgan fingerprint density at radius 1 is 1.35 bits per heavy atom. The average molecular weight is 276 g/mol. The second-order valence-corrected chi connectivity index (χ2v) is 5.50. The Morgan fingerprint density at radius 3 is 2.90 bits per heavy atom. The first-order valence-corrected chi connectivity index (χ1v) is 6.58. The van der Waals surface area contributed by atoms with Crippen LogP contribution in [-0.2, 0) is 4.74 Å². The summed E-state index contributed by atoms with van der Waals surface area (Å²) in [6.07, 6.45) is 1.37. The Morgan fingerprint density at radius 2 is 2.15 bits per heavy atom. The number of H-pyrrole nitrogens is 1. The smallest absolute Gasteiger partial charge is 0.407 e. The molecule has 0 bridgehead atoms. The predicted octanol–water partition coefficient (Wildman–Crippen LogP) is 2.50. The summed E-state index contributed by atoms with van der Waals surface area (Å²) in [5.74, 6) is 0. The number of ether oxygens (including phenoxy) is 1. The first-order chi connectivity index (χ1) is 9.46. The number of rotatable bonds is 4. The van der Waals surface area contributed by atoms with Crippen molar-refractivity contribution in [3.8, 4) is 0 Å². The van der Waals surface area contributed by atoms with Crippen LogP contribution < -0.4 is 10.6 Å². The highest BCUT2D eigenvalue weighted by Crippen LogP contribution is 2.19. The number of alkyl carbamates (subject to hydrolysis) is 1. The minimum atomic E-state index is -0.473. The van der Waals surface area contributed by atoms with E-state index in [4.69, 9.17) is 4.74 Å². The fraction of sp³-hybridized carbons (Fsp3) is 0.429. The van der Waals surface area contributed by atoms with E-state index in [-0.39, 0.29) is 0 Å². The lowest BCUT2D eigenvalue weighted by Gasteiger charge is -2.19. The molecule has 1 aromatic heterocycles. The summed E-state index contributed by atoms with van der Waals surface area (Å²) < 4.78 is 5.15. The van der Waals surface area contributed by atoms with Gasteiger partial charge in [-0.2, -0.15) is 5.10 Å². The van der Waals surface area contributed by atoms with Crippen LogP contribution in [0.15, 0.2) is 24.4 Å². The number of benzene rings is 1. The Bertz CT molecular complexity index is 586. The Kier molecular flexibility index (Phi) is 4.12. The van der Waals surface area contributed by atoms with Crippen molar-refractivity contribution in [2.75, 3.05) is 18.4 Å². The van der Waals surface area contributed by atoms with Crippen molar-refractivity contribution in [2.45, 2.75) is 26.4 Å². The number of amides is 1. The van der Waals surface area contributed by atoms with Gasteiger partial charge in [-0.05, 0) is 26.8 Å². The van der Waals surface area contributed by atoms with Crippen LogP contribution in [0.25, 0.3) is 10.9 Å². The molecule has 108 valence electrons. The molecular weight excluding hydrogens is 256 g/mol. The van der Waals surface area contributed by atoms with Gasteiger partial charge in [-0.1, -0.05) is 12.1 Å². The molecule has 1 heterocycles. The van der Waals surface area contributed by atoms with Crippen LogP contribution in [0.1, 0.15) is 20.8 Å². The van der Waals surface area contributed by atoms with E-state index in [1.807, 2.05) is 39.0 Å². The fourth-order valence-corrected chi connectivity index (χ4v) is 1.79. The standard InChI is InChI=1S/C14H20N4O2/c1-14(2,3)20-13(19)16-8-7-15-11-6-4-5-10-9-17-18-12(10)11/h4-6,9,15H,7-8H2,1-3H3,(H,16,19)(H,17,18). The molecule has 3 N–H and O–H groups in total. The van der Waals surface area contributed by atoms with Gasteiger partial charge in [-0.3, -0.25) is 5.10 Å². The summed E-state index contributed by atoms with van der Waals surface area (Å²) in [6, 6.07) is 5.92. The maximum atomic E-state index is 11.5. The molecule has 0 atom stereocenters. The normalized spacial score (nSPS) is 11.3. The van der Waals surface area contributed by atoms with Crippen LogP contribution in [0.4, 0.5) is 10.5 Å². The quantitative estimate of drug-likeness (QED) is 0.750. The summed E-state index contributed by atoms with van der Waals surface area (Å²) in [7, 11) is 0. The van der Waals surface area contributed by atoms with Crippen LogP contribution in [0, 0.1) is 0 Å². The number of nitrogens with zero attached hydrogens (tertiary/aromatic N) is 1. The molecule has 0 saturated heterocycles. The van der Waals surface area contributed by atoms with Gasteiger partial charge in [0.1, 0.15) is 5.60 Å². The average Bonchev–Trinajstić information content (AvgIpc) is 2.81. The van der Waals surface area contributed by atoms with Crippen molar-refractivity contribution in [3.63, 3.8) is 0 Å². The third kappa shape index (κ3) is 3.88. The number of anilines is 1. The van der Waals surface area contributed by atoms with E-state index in [1.165, 1.54) is 0 Å². The molecule has 0 aliphatic rings. The fourth-order valence-electron chi connectivity index (χ4n) is 1.79. The molecule has 0 saturated carbocycles. The third-order valence-electron chi connectivity index (χ3n) is 2.59. The highest BCUT2D eigenvalue weighted by atomic mass is 16.6. The van der Waals surface area contributed by atoms with E-state index < -0.39 is 11.7 Å². The highest BCUT2D eigenvalue weighted by molar-refractivity contribution is 5.89. The number of aromatic amines is 1. The lowest BCUT2D eigenvalue weighted by molar-refractivity contribution is 0.0530. The maximum Gasteiger partial charge on any atom is 0.407 e. The molecule has 6 heteroatoms. The number of hydrogen-bond acceptors (Lipinski definition) is 4. The molecule has 0 aliphatic heterocycles. The number of para-hydroxylation sites is 1. The number of carbonyl (C=O) groups is 1. The predicted molar refractivity (Wildman–Crippen MR) is 78.8 cm³/mol. The van der Waals surface area contributed by atoms with Crippen LogP contribution in [0.2, 0.25) is 0 Å². The molecule has 0 unspecified atom stereocenters. The van der Waals surface area contributed by atoms with Gasteiger partial charge in [-0.15, -0.1) is 0 Å². The van der Waals surface area contributed by atoms with Gasteiger partial charge >= 0.3 is 6.09 Å². The van der Waals surface area contributed by atoms with Crippen LogP contribution in [0.5, 0.6) is 0 Å². The SMILES string of the molecule is CC(C)(C)OC(=O)NCCNc1cccc2cn[nH]c12. The van der Waals surface area contributed by atoms with E-state index in [9.17, 15) is 4.79 Å². The third-order valence-corrected chi connectivity index (χ3v) is 2.59. The summed E-state index contributed by atoms with van der Waals surface area (Å²) in [5, 5.41) is 14.0. The molecule has 2 aromatic rings. The number of nitrogens with one attached hydrogen (secondary N) is 3. The van der Waals surface area contributed by atoms with Gasteiger partial charge in [0.25, 0.3) is 0 Å². The van der Waals surface area contributed by atoms with E-state index in [2.05, 4.69) is 20.8 Å². The van der Waals surface area contributed by atoms with Crippen molar-refractivity contribution in [2.24, 2.45) is 0 Å². The molecular formula is C14H20N4O2. The van der Waals surface area contributed by atoms with E-state index in [0.717, 1.165) is 16.6 Å². The monoisotopic (exact) mass is 276 g/mol. The molecule has 6 nitrogen and oxygen atoms in total. The second kappa shape index (κ2) is 5.81. The van der Waals surface area contributed by atoms with E-state index in [0.29, 0.717) is 13.1 Å². The topological polar surface area (TPSA) is 79.0 Å². The van der Waals surface area contributed by atoms with Gasteiger partial charge in [0.2, 0.25) is 0 Å². The van der Waals surface area contributed by atoms with Gasteiger partial charge in [0, 0.05) is 18.5 Å². The lowest BCUT2D eigenvalue weighted by Crippen LogP contribution is -2.35. The minimum absolute atomic E-state index is 0.404. The summed E-state index contributed by atoms with van der Waals surface area (Å²) in [6.45, 7) is 6.61. The Balaban J connectivity index is 1.79. The molecule has 0 fully saturated rings. The van der Waals surface area contributed by atoms with Crippen molar-refractivity contribution in [3.05, 3.63) is 24.4 Å². The molecule has 1 amide bonds. The van der Waals surface area contributed by atoms with Gasteiger partial charge in [0.05, 0.1) is 17.4 Å². The van der Waals surface area contributed by atoms with E-state index in [1.54, 1.807) is 6.20 Å². The molecule has 0 radical (unpaired) electrons. The molecule has 2 rings (SSSR count). The Hall–Kier alpha value is -2.24. The first-order valence-electron chi connectivity index (χ1n) is 6.58. The van der Waals surface area contributed by atoms with Crippen molar-refractivity contribution in [1.29, 1.82) is 0 Å². The largest absolute Gasteiger partial charge is 0.444 e. The van der Waals surface area contributed by atoms with Crippen molar-refractivity contribution in [1.82, 2.24) is 15.5 Å². The second-order valence-electron chi connectivity index (χ2n) is 5.50. The number of hydrogen-bond donors (Lipinski definition) is 3. The van der Waals surface area contributed by atoms with Crippen LogP contribution >= 0.6 is 0 Å². The van der Waals surface area contributed by atoms with Gasteiger partial charge < -0.3 is 15.4 Å². The molecule has 20 heavy (non-hydrogen) atoms. The van der Waals surface area contributed by atoms with E-state index >= 15 is 0 Å². The van der Waals surface area contributed by atoms with Crippen molar-refractivity contribution < 1.29 is 9.53 Å².